The first kappa shape index (κ1) is 15.1. The summed E-state index contributed by atoms with van der Waals surface area (Å²) in [6, 6.07) is 10.9. The second kappa shape index (κ2) is 5.74. The molecule has 22 heavy (non-hydrogen) atoms. The lowest BCUT2D eigenvalue weighted by atomic mass is 9.98. The molecule has 0 saturated carbocycles. The van der Waals surface area contributed by atoms with Crippen molar-refractivity contribution in [3.8, 4) is 5.75 Å². The number of pyridine rings is 1. The summed E-state index contributed by atoms with van der Waals surface area (Å²) in [5.74, 6) is 0.732. The van der Waals surface area contributed by atoms with Gasteiger partial charge in [0.05, 0.1) is 12.3 Å². The third-order valence-corrected chi connectivity index (χ3v) is 4.01. The van der Waals surface area contributed by atoms with Crippen LogP contribution in [0.25, 0.3) is 5.70 Å². The van der Waals surface area contributed by atoms with Gasteiger partial charge in [-0.2, -0.15) is 0 Å². The van der Waals surface area contributed by atoms with Gasteiger partial charge in [-0.3, -0.25) is 9.36 Å². The Morgan fingerprint density at radius 3 is 2.86 bits per heavy atom. The number of fused-ring (bicyclic) bond motifs is 1. The van der Waals surface area contributed by atoms with Crippen molar-refractivity contribution in [1.82, 2.24) is 4.57 Å². The van der Waals surface area contributed by atoms with Gasteiger partial charge in [0.15, 0.2) is 0 Å². The minimum atomic E-state index is -0.625. The van der Waals surface area contributed by atoms with Gasteiger partial charge in [0.1, 0.15) is 11.4 Å². The van der Waals surface area contributed by atoms with Crippen LogP contribution in [0.1, 0.15) is 12.5 Å². The minimum absolute atomic E-state index is 0.0821. The normalized spacial score (nSPS) is 20.0. The van der Waals surface area contributed by atoms with Crippen LogP contribution in [-0.2, 0) is 4.74 Å². The second-order valence-corrected chi connectivity index (χ2v) is 6.34. The van der Waals surface area contributed by atoms with E-state index in [1.54, 1.807) is 30.0 Å². The fourth-order valence-electron chi connectivity index (χ4n) is 2.62. The standard InChI is InChI=1S/C17H16BrNO3/c1-17(11-21-2)10-14(19-8-4-3-5-16(19)20)13-9-12(18)6-7-15(13)22-17/h3-10H,11H2,1-2H3. The molecule has 1 aliphatic rings. The van der Waals surface area contributed by atoms with Crippen LogP contribution in [0, 0.1) is 0 Å². The van der Waals surface area contributed by atoms with E-state index in [0.717, 1.165) is 21.5 Å². The van der Waals surface area contributed by atoms with Crippen LogP contribution in [0.5, 0.6) is 5.75 Å². The van der Waals surface area contributed by atoms with E-state index < -0.39 is 5.60 Å². The molecule has 3 rings (SSSR count). The van der Waals surface area contributed by atoms with Crippen LogP contribution >= 0.6 is 15.9 Å². The van der Waals surface area contributed by atoms with Crippen LogP contribution in [0.2, 0.25) is 0 Å². The Kier molecular flexibility index (Phi) is 3.93. The summed E-state index contributed by atoms with van der Waals surface area (Å²) in [6.45, 7) is 2.34. The molecule has 4 nitrogen and oxygen atoms in total. The van der Waals surface area contributed by atoms with Gasteiger partial charge in [-0.1, -0.05) is 22.0 Å². The van der Waals surface area contributed by atoms with Crippen molar-refractivity contribution < 1.29 is 9.47 Å². The van der Waals surface area contributed by atoms with Gasteiger partial charge >= 0.3 is 0 Å². The number of hydrogen-bond acceptors (Lipinski definition) is 3. The summed E-state index contributed by atoms with van der Waals surface area (Å²) in [6.07, 6.45) is 3.70. The maximum absolute atomic E-state index is 12.2. The number of hydrogen-bond donors (Lipinski definition) is 0. The van der Waals surface area contributed by atoms with Crippen molar-refractivity contribution in [2.24, 2.45) is 0 Å². The highest BCUT2D eigenvalue weighted by Gasteiger charge is 2.32. The molecule has 114 valence electrons. The molecule has 2 aromatic rings. The van der Waals surface area contributed by atoms with Gasteiger partial charge in [0, 0.05) is 29.4 Å². The van der Waals surface area contributed by atoms with Crippen LogP contribution < -0.4 is 10.3 Å². The molecule has 1 aromatic carbocycles. The van der Waals surface area contributed by atoms with Crippen molar-refractivity contribution in [1.29, 1.82) is 0 Å². The molecular formula is C17H16BrNO3. The smallest absolute Gasteiger partial charge is 0.255 e. The predicted octanol–water partition coefficient (Wildman–Crippen LogP) is 3.30. The fourth-order valence-corrected chi connectivity index (χ4v) is 2.98. The summed E-state index contributed by atoms with van der Waals surface area (Å²) in [7, 11) is 1.63. The Morgan fingerprint density at radius 2 is 2.14 bits per heavy atom. The van der Waals surface area contributed by atoms with Gasteiger partial charge in [0.25, 0.3) is 5.56 Å². The fraction of sp³-hybridized carbons (Fsp3) is 0.235. The number of nitrogens with zero attached hydrogens (tertiary/aromatic N) is 1. The average Bonchev–Trinajstić information content (AvgIpc) is 2.48. The van der Waals surface area contributed by atoms with Crippen LogP contribution in [-0.4, -0.2) is 23.9 Å². The van der Waals surface area contributed by atoms with E-state index in [1.807, 2.05) is 37.3 Å². The molecule has 0 spiro atoms. The molecule has 1 atom stereocenters. The van der Waals surface area contributed by atoms with Crippen LogP contribution in [0.3, 0.4) is 0 Å². The average molecular weight is 362 g/mol. The molecule has 1 aliphatic heterocycles. The highest BCUT2D eigenvalue weighted by Crippen LogP contribution is 2.38. The molecule has 0 aliphatic carbocycles. The van der Waals surface area contributed by atoms with Gasteiger partial charge in [0.2, 0.25) is 0 Å². The third-order valence-electron chi connectivity index (χ3n) is 3.52. The zero-order valence-electron chi connectivity index (χ0n) is 12.4. The van der Waals surface area contributed by atoms with E-state index in [9.17, 15) is 4.79 Å². The van der Waals surface area contributed by atoms with Crippen molar-refractivity contribution >= 4 is 21.6 Å². The Balaban J connectivity index is 2.23. The van der Waals surface area contributed by atoms with E-state index in [2.05, 4.69) is 15.9 Å². The van der Waals surface area contributed by atoms with Crippen molar-refractivity contribution in [2.45, 2.75) is 12.5 Å². The first-order valence-corrected chi connectivity index (χ1v) is 7.70. The number of methoxy groups -OCH3 is 1. The summed E-state index contributed by atoms with van der Waals surface area (Å²) in [5, 5.41) is 0. The lowest BCUT2D eigenvalue weighted by molar-refractivity contribution is 0.0370. The molecular weight excluding hydrogens is 346 g/mol. The first-order chi connectivity index (χ1) is 10.5. The Morgan fingerprint density at radius 1 is 1.32 bits per heavy atom. The summed E-state index contributed by atoms with van der Waals surface area (Å²) in [4.78, 5) is 12.2. The number of rotatable bonds is 3. The molecule has 0 N–H and O–H groups in total. The molecule has 2 heterocycles. The van der Waals surface area contributed by atoms with Gasteiger partial charge < -0.3 is 9.47 Å². The molecule has 0 amide bonds. The van der Waals surface area contributed by atoms with E-state index in [4.69, 9.17) is 9.47 Å². The lowest BCUT2D eigenvalue weighted by Crippen LogP contribution is -2.39. The van der Waals surface area contributed by atoms with Crippen molar-refractivity contribution in [3.05, 3.63) is 69.1 Å². The van der Waals surface area contributed by atoms with E-state index in [0.29, 0.717) is 6.61 Å². The molecule has 0 fully saturated rings. The SMILES string of the molecule is COCC1(C)C=C(n2ccccc2=O)c2cc(Br)ccc2O1. The van der Waals surface area contributed by atoms with E-state index in [-0.39, 0.29) is 5.56 Å². The number of ether oxygens (including phenoxy) is 2. The minimum Gasteiger partial charge on any atom is -0.480 e. The molecule has 5 heteroatoms. The summed E-state index contributed by atoms with van der Waals surface area (Å²) in [5.41, 5.74) is 0.963. The quantitative estimate of drug-likeness (QED) is 0.841. The first-order valence-electron chi connectivity index (χ1n) is 6.91. The maximum Gasteiger partial charge on any atom is 0.255 e. The number of aromatic nitrogens is 1. The predicted molar refractivity (Wildman–Crippen MR) is 89.1 cm³/mol. The van der Waals surface area contributed by atoms with E-state index >= 15 is 0 Å². The monoisotopic (exact) mass is 361 g/mol. The maximum atomic E-state index is 12.2. The van der Waals surface area contributed by atoms with Crippen LogP contribution in [0.15, 0.2) is 57.9 Å². The third kappa shape index (κ3) is 2.74. The Hall–Kier alpha value is -1.85. The Bertz CT molecular complexity index is 796. The lowest BCUT2D eigenvalue weighted by Gasteiger charge is -2.34. The summed E-state index contributed by atoms with van der Waals surface area (Å²) >= 11 is 3.47. The van der Waals surface area contributed by atoms with Gasteiger partial charge in [-0.25, -0.2) is 0 Å². The zero-order valence-corrected chi connectivity index (χ0v) is 14.0. The number of benzene rings is 1. The van der Waals surface area contributed by atoms with Gasteiger partial charge in [-0.05, 0) is 37.3 Å². The van der Waals surface area contributed by atoms with Crippen LogP contribution in [0.4, 0.5) is 0 Å². The van der Waals surface area contributed by atoms with Gasteiger partial charge in [-0.15, -0.1) is 0 Å². The zero-order chi connectivity index (χ0) is 15.7. The topological polar surface area (TPSA) is 40.5 Å². The summed E-state index contributed by atoms with van der Waals surface area (Å²) < 4.78 is 13.9. The highest BCUT2D eigenvalue weighted by molar-refractivity contribution is 9.10. The largest absolute Gasteiger partial charge is 0.480 e. The molecule has 1 aromatic heterocycles. The van der Waals surface area contributed by atoms with Crippen molar-refractivity contribution in [2.75, 3.05) is 13.7 Å². The molecule has 0 saturated heterocycles. The highest BCUT2D eigenvalue weighted by atomic mass is 79.9. The molecule has 0 radical (unpaired) electrons. The Labute approximate surface area is 137 Å². The van der Waals surface area contributed by atoms with Crippen molar-refractivity contribution in [3.63, 3.8) is 0 Å². The number of halogens is 1. The van der Waals surface area contributed by atoms with E-state index in [1.165, 1.54) is 0 Å². The second-order valence-electron chi connectivity index (χ2n) is 5.43. The molecule has 0 bridgehead atoms. The molecule has 1 unspecified atom stereocenters.